The Balaban J connectivity index is 1.77. The van der Waals surface area contributed by atoms with Crippen molar-refractivity contribution in [2.45, 2.75) is 82.7 Å². The van der Waals surface area contributed by atoms with Crippen LogP contribution in [0.5, 0.6) is 0 Å². The van der Waals surface area contributed by atoms with Crippen molar-refractivity contribution in [3.63, 3.8) is 0 Å². The van der Waals surface area contributed by atoms with Gasteiger partial charge in [0.25, 0.3) is 0 Å². The summed E-state index contributed by atoms with van der Waals surface area (Å²) in [5.74, 6) is -5.00. The van der Waals surface area contributed by atoms with Crippen molar-refractivity contribution < 1.29 is 33.9 Å². The highest BCUT2D eigenvalue weighted by Crippen LogP contribution is 2.12. The average Bonchev–Trinajstić information content (AvgIpc) is 3.15. The molecule has 13 nitrogen and oxygen atoms in total. The van der Waals surface area contributed by atoms with Gasteiger partial charge < -0.3 is 37.4 Å². The third-order valence-electron chi connectivity index (χ3n) is 8.81. The molecule has 0 aliphatic carbocycles. The van der Waals surface area contributed by atoms with Gasteiger partial charge in [0.15, 0.2) is 0 Å². The Hall–Kier alpha value is -5.21. The molecule has 0 radical (unpaired) electrons. The number of nitrogens with two attached hydrogens (primary N) is 1. The standard InChI is InChI=1S/C39H50N6O7S/c1-4-24(2)33(45-35(47)29(40)20-26-14-8-5-9-15-26)38(50)43-30(21-27-16-10-6-11-17-27)36(48)41-25(3)34(46)42-31(22-28-18-12-7-13-19-28)37(49)44-32(23-53)39(51)52/h5-19,24-25,29-33,53H,4,20-23,40H2,1-3H3,(H,41,48)(H,42,46)(H,43,50)(H,44,49)(H,45,47)(H,51,52)/t24-,25-,29-,30-,31-,32-,33-/m0/s1. The molecule has 5 amide bonds. The summed E-state index contributed by atoms with van der Waals surface area (Å²) in [5.41, 5.74) is 8.52. The Bertz CT molecular complexity index is 1660. The van der Waals surface area contributed by atoms with E-state index in [2.05, 4.69) is 39.2 Å². The van der Waals surface area contributed by atoms with Gasteiger partial charge in [-0.25, -0.2) is 4.79 Å². The number of carbonyl (C=O) groups excluding carboxylic acids is 5. The summed E-state index contributed by atoms with van der Waals surface area (Å²) in [7, 11) is 0. The predicted molar refractivity (Wildman–Crippen MR) is 205 cm³/mol. The van der Waals surface area contributed by atoms with Crippen LogP contribution in [0.4, 0.5) is 0 Å². The maximum absolute atomic E-state index is 13.8. The zero-order chi connectivity index (χ0) is 38.9. The number of benzene rings is 3. The molecule has 0 bridgehead atoms. The number of carboxylic acids is 1. The van der Waals surface area contributed by atoms with Gasteiger partial charge >= 0.3 is 5.97 Å². The predicted octanol–water partition coefficient (Wildman–Crippen LogP) is 1.55. The molecule has 3 aromatic carbocycles. The van der Waals surface area contributed by atoms with Crippen molar-refractivity contribution in [3.8, 4) is 0 Å². The van der Waals surface area contributed by atoms with Crippen molar-refractivity contribution in [2.75, 3.05) is 5.75 Å². The van der Waals surface area contributed by atoms with Gasteiger partial charge in [0.05, 0.1) is 6.04 Å². The second kappa shape index (κ2) is 21.3. The van der Waals surface area contributed by atoms with Crippen LogP contribution in [-0.4, -0.2) is 82.6 Å². The van der Waals surface area contributed by atoms with Crippen molar-refractivity contribution in [3.05, 3.63) is 108 Å². The van der Waals surface area contributed by atoms with E-state index in [1.807, 2.05) is 50.2 Å². The van der Waals surface area contributed by atoms with E-state index in [9.17, 15) is 33.9 Å². The fourth-order valence-electron chi connectivity index (χ4n) is 5.44. The van der Waals surface area contributed by atoms with Crippen molar-refractivity contribution >= 4 is 48.1 Å². The summed E-state index contributed by atoms with van der Waals surface area (Å²) in [4.78, 5) is 79.0. The van der Waals surface area contributed by atoms with E-state index in [1.165, 1.54) is 6.92 Å². The Labute approximate surface area is 315 Å². The number of hydrogen-bond donors (Lipinski definition) is 8. The number of nitrogens with one attached hydrogen (secondary N) is 5. The van der Waals surface area contributed by atoms with E-state index in [0.717, 1.165) is 11.1 Å². The topological polar surface area (TPSA) is 209 Å². The molecular formula is C39H50N6O7S. The first-order chi connectivity index (χ1) is 25.3. The summed E-state index contributed by atoms with van der Waals surface area (Å²) in [5, 5.41) is 22.7. The van der Waals surface area contributed by atoms with Gasteiger partial charge in [0.2, 0.25) is 29.5 Å². The molecule has 0 fully saturated rings. The zero-order valence-electron chi connectivity index (χ0n) is 30.2. The number of aliphatic carboxylic acids is 1. The SMILES string of the molecule is CC[C@H](C)[C@H](NC(=O)[C@@H](N)Cc1ccccc1)C(=O)N[C@@H](Cc1ccccc1)C(=O)N[C@@H](C)C(=O)N[C@@H](Cc1ccccc1)C(=O)N[C@@H](CS)C(=O)O. The summed E-state index contributed by atoms with van der Waals surface area (Å²) >= 11 is 4.00. The van der Waals surface area contributed by atoms with Crippen LogP contribution in [0, 0.1) is 5.92 Å². The van der Waals surface area contributed by atoms with Crippen LogP contribution in [-0.2, 0) is 48.0 Å². The summed E-state index contributed by atoms with van der Waals surface area (Å²) in [6.07, 6.45) is 0.922. The molecule has 284 valence electrons. The first kappa shape index (κ1) is 42.2. The maximum atomic E-state index is 13.8. The minimum Gasteiger partial charge on any atom is -0.480 e. The lowest BCUT2D eigenvalue weighted by molar-refractivity contribution is -0.141. The lowest BCUT2D eigenvalue weighted by atomic mass is 9.96. The van der Waals surface area contributed by atoms with Gasteiger partial charge in [0, 0.05) is 18.6 Å². The first-order valence-electron chi connectivity index (χ1n) is 17.6. The smallest absolute Gasteiger partial charge is 0.327 e. The fraction of sp³-hybridized carbons (Fsp3) is 0.385. The molecule has 0 aromatic heterocycles. The molecule has 0 aliphatic rings. The molecule has 3 aromatic rings. The highest BCUT2D eigenvalue weighted by molar-refractivity contribution is 7.80. The molecule has 0 aliphatic heterocycles. The number of carboxylic acid groups (broad SMARTS) is 1. The lowest BCUT2D eigenvalue weighted by Gasteiger charge is -2.28. The van der Waals surface area contributed by atoms with Crippen molar-refractivity contribution in [2.24, 2.45) is 11.7 Å². The van der Waals surface area contributed by atoms with Crippen LogP contribution in [0.3, 0.4) is 0 Å². The Morgan fingerprint density at radius 2 is 1.00 bits per heavy atom. The zero-order valence-corrected chi connectivity index (χ0v) is 31.1. The van der Waals surface area contributed by atoms with Gasteiger partial charge in [-0.1, -0.05) is 111 Å². The van der Waals surface area contributed by atoms with E-state index in [1.54, 1.807) is 54.6 Å². The van der Waals surface area contributed by atoms with Gasteiger partial charge in [-0.05, 0) is 36.0 Å². The molecule has 14 heteroatoms. The van der Waals surface area contributed by atoms with Gasteiger partial charge in [0.1, 0.15) is 30.2 Å². The number of hydrogen-bond acceptors (Lipinski definition) is 8. The third-order valence-corrected chi connectivity index (χ3v) is 9.17. The quantitative estimate of drug-likeness (QED) is 0.0794. The Morgan fingerprint density at radius 3 is 1.43 bits per heavy atom. The average molecular weight is 747 g/mol. The van der Waals surface area contributed by atoms with Crippen molar-refractivity contribution in [1.29, 1.82) is 0 Å². The van der Waals surface area contributed by atoms with E-state index < -0.39 is 71.8 Å². The fourth-order valence-corrected chi connectivity index (χ4v) is 5.68. The maximum Gasteiger partial charge on any atom is 0.327 e. The molecule has 0 saturated carbocycles. The van der Waals surface area contributed by atoms with Crippen molar-refractivity contribution in [1.82, 2.24) is 26.6 Å². The molecule has 7 atom stereocenters. The van der Waals surface area contributed by atoms with Gasteiger partial charge in [-0.2, -0.15) is 12.6 Å². The Morgan fingerprint density at radius 1 is 0.585 bits per heavy atom. The van der Waals surface area contributed by atoms with Crippen LogP contribution in [0.2, 0.25) is 0 Å². The first-order valence-corrected chi connectivity index (χ1v) is 18.2. The molecule has 0 heterocycles. The van der Waals surface area contributed by atoms with Crippen LogP contribution >= 0.6 is 12.6 Å². The van der Waals surface area contributed by atoms with Crippen LogP contribution in [0.15, 0.2) is 91.0 Å². The lowest BCUT2D eigenvalue weighted by Crippen LogP contribution is -2.60. The monoisotopic (exact) mass is 746 g/mol. The number of rotatable bonds is 20. The number of carbonyl (C=O) groups is 6. The second-order valence-electron chi connectivity index (χ2n) is 13.0. The molecule has 3 rings (SSSR count). The van der Waals surface area contributed by atoms with E-state index in [0.29, 0.717) is 12.0 Å². The van der Waals surface area contributed by atoms with Crippen LogP contribution < -0.4 is 32.3 Å². The normalized spacial score (nSPS) is 14.9. The molecule has 0 unspecified atom stereocenters. The van der Waals surface area contributed by atoms with Crippen LogP contribution in [0.25, 0.3) is 0 Å². The highest BCUT2D eigenvalue weighted by atomic mass is 32.1. The number of amides is 5. The minimum atomic E-state index is -1.29. The summed E-state index contributed by atoms with van der Waals surface area (Å²) in [6, 6.07) is 20.4. The minimum absolute atomic E-state index is 0.0441. The summed E-state index contributed by atoms with van der Waals surface area (Å²) in [6.45, 7) is 5.11. The molecular weight excluding hydrogens is 697 g/mol. The van der Waals surface area contributed by atoms with E-state index in [4.69, 9.17) is 5.73 Å². The van der Waals surface area contributed by atoms with E-state index in [-0.39, 0.29) is 30.9 Å². The Kier molecular flexibility index (Phi) is 17.0. The second-order valence-corrected chi connectivity index (χ2v) is 13.3. The van der Waals surface area contributed by atoms with Crippen LogP contribution in [0.1, 0.15) is 43.9 Å². The van der Waals surface area contributed by atoms with Gasteiger partial charge in [-0.3, -0.25) is 24.0 Å². The van der Waals surface area contributed by atoms with Gasteiger partial charge in [-0.15, -0.1) is 0 Å². The molecule has 8 N–H and O–H groups in total. The number of thiol groups is 1. The largest absolute Gasteiger partial charge is 0.480 e. The highest BCUT2D eigenvalue weighted by Gasteiger charge is 2.33. The molecule has 0 spiro atoms. The van der Waals surface area contributed by atoms with E-state index >= 15 is 0 Å². The summed E-state index contributed by atoms with van der Waals surface area (Å²) < 4.78 is 0. The third kappa shape index (κ3) is 13.7. The molecule has 0 saturated heterocycles. The molecule has 53 heavy (non-hydrogen) atoms.